The molecule has 58 valence electrons. The first-order valence-electron chi connectivity index (χ1n) is 2.60. The van der Waals surface area contributed by atoms with Gasteiger partial charge in [-0.3, -0.25) is 0 Å². The van der Waals surface area contributed by atoms with Gasteiger partial charge in [0, 0.05) is 14.0 Å². The van der Waals surface area contributed by atoms with Gasteiger partial charge in [-0.05, 0) is 0 Å². The number of rotatable bonds is 3. The maximum Gasteiger partial charge on any atom is 0.376 e. The number of carbonyl (C=O) groups excluding carboxylic acids is 1. The summed E-state index contributed by atoms with van der Waals surface area (Å²) in [6, 6.07) is 0. The second-order valence-corrected chi connectivity index (χ2v) is 1.69. The van der Waals surface area contributed by atoms with Crippen LogP contribution in [0.25, 0.3) is 0 Å². The molecule has 0 rings (SSSR count). The van der Waals surface area contributed by atoms with Crippen LogP contribution in [-0.2, 0) is 14.3 Å². The van der Waals surface area contributed by atoms with Crippen molar-refractivity contribution < 1.29 is 18.7 Å². The Balaban J connectivity index is 4.03. The first kappa shape index (κ1) is 9.10. The fraction of sp³-hybridized carbons (Fsp3) is 0.500. The first-order valence-corrected chi connectivity index (χ1v) is 2.60. The molecule has 0 heterocycles. The van der Waals surface area contributed by atoms with Crippen molar-refractivity contribution in [3.63, 3.8) is 0 Å². The van der Waals surface area contributed by atoms with Crippen LogP contribution in [0, 0.1) is 0 Å². The van der Waals surface area contributed by atoms with E-state index in [1.165, 1.54) is 0 Å². The van der Waals surface area contributed by atoms with Gasteiger partial charge in [0.05, 0.1) is 6.26 Å². The van der Waals surface area contributed by atoms with E-state index < -0.39 is 11.8 Å². The molecule has 0 saturated carbocycles. The predicted molar refractivity (Wildman–Crippen MR) is 32.8 cm³/mol. The Morgan fingerprint density at radius 3 is 2.60 bits per heavy atom. The van der Waals surface area contributed by atoms with Crippen molar-refractivity contribution in [3.05, 3.63) is 12.8 Å². The maximum atomic E-state index is 12.7. The Bertz CT molecular complexity index is 142. The number of halogens is 1. The van der Waals surface area contributed by atoms with E-state index in [1.807, 2.05) is 0 Å². The molecule has 3 nitrogen and oxygen atoms in total. The first-order chi connectivity index (χ1) is 4.54. The van der Waals surface area contributed by atoms with Crippen LogP contribution >= 0.6 is 0 Å². The zero-order valence-corrected chi connectivity index (χ0v) is 5.89. The van der Waals surface area contributed by atoms with Gasteiger partial charge < -0.3 is 9.47 Å². The number of hydrogen-bond donors (Lipinski definition) is 0. The monoisotopic (exact) mass is 148 g/mol. The van der Waals surface area contributed by atoms with E-state index in [4.69, 9.17) is 0 Å². The Morgan fingerprint density at radius 1 is 1.80 bits per heavy atom. The molecule has 0 fully saturated rings. The summed E-state index contributed by atoms with van der Waals surface area (Å²) < 4.78 is 20.9. The normalized spacial score (nSPS) is 15.5. The summed E-state index contributed by atoms with van der Waals surface area (Å²) in [4.78, 5) is 10.5. The SMILES string of the molecule is C=COC(=O)C(C)(F)OC. The van der Waals surface area contributed by atoms with Crippen LogP contribution in [0.15, 0.2) is 12.8 Å². The summed E-state index contributed by atoms with van der Waals surface area (Å²) in [6.07, 6.45) is 0.846. The highest BCUT2D eigenvalue weighted by molar-refractivity contribution is 5.77. The fourth-order valence-electron chi connectivity index (χ4n) is 0.264. The summed E-state index contributed by atoms with van der Waals surface area (Å²) in [5, 5.41) is 0. The van der Waals surface area contributed by atoms with Crippen LogP contribution in [0.2, 0.25) is 0 Å². The zero-order chi connectivity index (χ0) is 8.20. The van der Waals surface area contributed by atoms with Gasteiger partial charge in [0.25, 0.3) is 0 Å². The number of ether oxygens (including phenoxy) is 2. The van der Waals surface area contributed by atoms with Gasteiger partial charge in [-0.2, -0.15) is 4.39 Å². The number of alkyl halides is 1. The van der Waals surface area contributed by atoms with Gasteiger partial charge in [0.1, 0.15) is 0 Å². The third-order valence-electron chi connectivity index (χ3n) is 0.938. The van der Waals surface area contributed by atoms with Crippen LogP contribution in [0.5, 0.6) is 0 Å². The minimum Gasteiger partial charge on any atom is -0.431 e. The molecule has 0 saturated heterocycles. The van der Waals surface area contributed by atoms with E-state index in [-0.39, 0.29) is 0 Å². The molecule has 0 aliphatic rings. The van der Waals surface area contributed by atoms with Crippen molar-refractivity contribution in [2.24, 2.45) is 0 Å². The van der Waals surface area contributed by atoms with Gasteiger partial charge in [0.2, 0.25) is 0 Å². The van der Waals surface area contributed by atoms with E-state index in [0.29, 0.717) is 0 Å². The fourth-order valence-corrected chi connectivity index (χ4v) is 0.264. The average Bonchev–Trinajstić information content (AvgIpc) is 1.89. The number of carbonyl (C=O) groups is 1. The van der Waals surface area contributed by atoms with E-state index in [9.17, 15) is 9.18 Å². The molecule has 10 heavy (non-hydrogen) atoms. The van der Waals surface area contributed by atoms with E-state index in [1.54, 1.807) is 0 Å². The van der Waals surface area contributed by atoms with Crippen molar-refractivity contribution in [1.29, 1.82) is 0 Å². The molecule has 0 N–H and O–H groups in total. The molecular formula is C6H9FO3. The molecule has 0 spiro atoms. The maximum absolute atomic E-state index is 12.7. The Hall–Kier alpha value is -0.900. The Kier molecular flexibility index (Phi) is 3.02. The lowest BCUT2D eigenvalue weighted by atomic mass is 10.4. The topological polar surface area (TPSA) is 35.5 Å². The second-order valence-electron chi connectivity index (χ2n) is 1.69. The standard InChI is InChI=1S/C6H9FO3/c1-4-10-5(8)6(2,7)9-3/h4H,1H2,2-3H3. The average molecular weight is 148 g/mol. The summed E-state index contributed by atoms with van der Waals surface area (Å²) in [5.74, 6) is -3.49. The largest absolute Gasteiger partial charge is 0.431 e. The van der Waals surface area contributed by atoms with Gasteiger partial charge >= 0.3 is 11.8 Å². The highest BCUT2D eigenvalue weighted by Crippen LogP contribution is 2.12. The minimum atomic E-state index is -2.38. The summed E-state index contributed by atoms with van der Waals surface area (Å²) >= 11 is 0. The molecule has 0 aliphatic carbocycles. The van der Waals surface area contributed by atoms with Gasteiger partial charge in [0.15, 0.2) is 0 Å². The third kappa shape index (κ3) is 2.14. The van der Waals surface area contributed by atoms with E-state index in [0.717, 1.165) is 20.3 Å². The number of methoxy groups -OCH3 is 1. The molecule has 4 heteroatoms. The Labute approximate surface area is 58.4 Å². The summed E-state index contributed by atoms with van der Waals surface area (Å²) in [5.41, 5.74) is 0. The van der Waals surface area contributed by atoms with Crippen LogP contribution in [0.3, 0.4) is 0 Å². The zero-order valence-electron chi connectivity index (χ0n) is 5.89. The lowest BCUT2D eigenvalue weighted by molar-refractivity contribution is -0.183. The van der Waals surface area contributed by atoms with Crippen molar-refractivity contribution >= 4 is 5.97 Å². The highest BCUT2D eigenvalue weighted by Gasteiger charge is 2.34. The van der Waals surface area contributed by atoms with Crippen LogP contribution in [-0.4, -0.2) is 18.9 Å². The molecule has 1 unspecified atom stereocenters. The Morgan fingerprint density at radius 2 is 2.30 bits per heavy atom. The van der Waals surface area contributed by atoms with Crippen molar-refractivity contribution in [3.8, 4) is 0 Å². The van der Waals surface area contributed by atoms with E-state index in [2.05, 4.69) is 16.1 Å². The van der Waals surface area contributed by atoms with Crippen LogP contribution in [0.1, 0.15) is 6.92 Å². The van der Waals surface area contributed by atoms with Gasteiger partial charge in [-0.1, -0.05) is 6.58 Å². The van der Waals surface area contributed by atoms with Gasteiger partial charge in [-0.25, -0.2) is 4.79 Å². The quantitative estimate of drug-likeness (QED) is 0.442. The minimum absolute atomic E-state index is 0.846. The van der Waals surface area contributed by atoms with E-state index >= 15 is 0 Å². The highest BCUT2D eigenvalue weighted by atomic mass is 19.2. The molecule has 0 amide bonds. The van der Waals surface area contributed by atoms with Gasteiger partial charge in [-0.15, -0.1) is 0 Å². The van der Waals surface area contributed by atoms with Crippen molar-refractivity contribution in [1.82, 2.24) is 0 Å². The number of esters is 1. The third-order valence-corrected chi connectivity index (χ3v) is 0.938. The lowest BCUT2D eigenvalue weighted by Crippen LogP contribution is -2.32. The van der Waals surface area contributed by atoms with Crippen molar-refractivity contribution in [2.75, 3.05) is 7.11 Å². The predicted octanol–water partition coefficient (Wildman–Crippen LogP) is 1.01. The molecule has 0 radical (unpaired) electrons. The molecule has 0 aliphatic heterocycles. The number of hydrogen-bond acceptors (Lipinski definition) is 3. The second kappa shape index (κ2) is 3.31. The molecule has 1 atom stereocenters. The molecular weight excluding hydrogens is 139 g/mol. The van der Waals surface area contributed by atoms with Crippen LogP contribution in [0.4, 0.5) is 4.39 Å². The van der Waals surface area contributed by atoms with Crippen molar-refractivity contribution in [2.45, 2.75) is 12.8 Å². The molecule has 0 aromatic rings. The smallest absolute Gasteiger partial charge is 0.376 e. The lowest BCUT2D eigenvalue weighted by Gasteiger charge is -2.13. The summed E-state index contributed by atoms with van der Waals surface area (Å²) in [6.45, 7) is 4.04. The molecule has 0 aromatic heterocycles. The van der Waals surface area contributed by atoms with Crippen LogP contribution < -0.4 is 0 Å². The summed E-state index contributed by atoms with van der Waals surface area (Å²) in [7, 11) is 1.07. The molecule has 0 bridgehead atoms. The molecule has 0 aromatic carbocycles.